The quantitative estimate of drug-likeness (QED) is 0.515. The van der Waals surface area contributed by atoms with Crippen LogP contribution in [0.1, 0.15) is 37.8 Å². The van der Waals surface area contributed by atoms with Crippen LogP contribution in [0.25, 0.3) is 0 Å². The number of nitrogens with one attached hydrogen (secondary N) is 3. The van der Waals surface area contributed by atoms with E-state index in [2.05, 4.69) is 30.0 Å². The second-order valence-electron chi connectivity index (χ2n) is 5.96. The molecule has 1 aromatic carbocycles. The van der Waals surface area contributed by atoms with E-state index in [0.717, 1.165) is 5.56 Å². The van der Waals surface area contributed by atoms with Crippen LogP contribution in [-0.4, -0.2) is 37.4 Å². The molecule has 0 radical (unpaired) electrons. The first-order chi connectivity index (χ1) is 11.3. The van der Waals surface area contributed by atoms with Gasteiger partial charge in [-0.15, -0.1) is 0 Å². The number of rotatable bonds is 7. The molecule has 0 unspecified atom stereocenters. The van der Waals surface area contributed by atoms with Crippen molar-refractivity contribution in [1.82, 2.24) is 16.2 Å². The molecular weight excluding hydrogens is 326 g/mol. The summed E-state index contributed by atoms with van der Waals surface area (Å²) in [7, 11) is 1.61. The molecule has 134 valence electrons. The Morgan fingerprint density at radius 1 is 1.25 bits per heavy atom. The number of hydrogen-bond donors (Lipinski definition) is 3. The zero-order valence-electron chi connectivity index (χ0n) is 14.9. The Morgan fingerprint density at radius 3 is 2.54 bits per heavy atom. The Bertz CT molecular complexity index is 564. The third kappa shape index (κ3) is 7.14. The van der Waals surface area contributed by atoms with Crippen LogP contribution in [0.5, 0.6) is 5.75 Å². The summed E-state index contributed by atoms with van der Waals surface area (Å²) in [6.07, 6.45) is 0. The standard InChI is InChI=1S/C17H27N3O3S/c1-11(2)15-7-6-14(8-12(15)3)23-10-16(21)19-20-17(24)18-13(4)9-22-5/h6-8,11,13H,9-10H2,1-5H3,(H,19,21)(H2,18,20,24)/t13-/m0/s1. The average Bonchev–Trinajstić information content (AvgIpc) is 2.50. The third-order valence-corrected chi connectivity index (χ3v) is 3.56. The minimum absolute atomic E-state index is 0.0469. The minimum atomic E-state index is -0.316. The van der Waals surface area contributed by atoms with Crippen molar-refractivity contribution in [2.45, 2.75) is 39.7 Å². The van der Waals surface area contributed by atoms with Crippen molar-refractivity contribution in [2.75, 3.05) is 20.3 Å². The summed E-state index contributed by atoms with van der Waals surface area (Å²) in [5, 5.41) is 3.30. The Labute approximate surface area is 149 Å². The lowest BCUT2D eigenvalue weighted by Gasteiger charge is -2.16. The van der Waals surface area contributed by atoms with Crippen molar-refractivity contribution in [3.05, 3.63) is 29.3 Å². The van der Waals surface area contributed by atoms with Crippen molar-refractivity contribution in [3.63, 3.8) is 0 Å². The van der Waals surface area contributed by atoms with Gasteiger partial charge in [-0.25, -0.2) is 0 Å². The van der Waals surface area contributed by atoms with Gasteiger partial charge in [-0.2, -0.15) is 0 Å². The van der Waals surface area contributed by atoms with E-state index >= 15 is 0 Å². The zero-order valence-corrected chi connectivity index (χ0v) is 15.8. The summed E-state index contributed by atoms with van der Waals surface area (Å²) in [6.45, 7) is 8.67. The van der Waals surface area contributed by atoms with E-state index in [0.29, 0.717) is 23.4 Å². The van der Waals surface area contributed by atoms with Gasteiger partial charge in [0.1, 0.15) is 5.75 Å². The van der Waals surface area contributed by atoms with Crippen LogP contribution in [0.15, 0.2) is 18.2 Å². The summed E-state index contributed by atoms with van der Waals surface area (Å²) in [5.74, 6) is 0.811. The fourth-order valence-corrected chi connectivity index (χ4v) is 2.50. The predicted octanol–water partition coefficient (Wildman–Crippen LogP) is 2.03. The molecule has 0 fully saturated rings. The normalized spacial score (nSPS) is 11.8. The number of methoxy groups -OCH3 is 1. The van der Waals surface area contributed by atoms with Crippen LogP contribution in [0.3, 0.4) is 0 Å². The molecule has 6 nitrogen and oxygen atoms in total. The summed E-state index contributed by atoms with van der Waals surface area (Å²) in [6, 6.07) is 5.89. The van der Waals surface area contributed by atoms with Gasteiger partial charge >= 0.3 is 0 Å². The molecule has 0 heterocycles. The Morgan fingerprint density at radius 2 is 1.96 bits per heavy atom. The van der Waals surface area contributed by atoms with Crippen molar-refractivity contribution < 1.29 is 14.3 Å². The van der Waals surface area contributed by atoms with Crippen LogP contribution in [-0.2, 0) is 9.53 Å². The van der Waals surface area contributed by atoms with Crippen molar-refractivity contribution in [3.8, 4) is 5.75 Å². The molecule has 0 aliphatic rings. The van der Waals surface area contributed by atoms with Crippen LogP contribution < -0.4 is 20.9 Å². The summed E-state index contributed by atoms with van der Waals surface area (Å²) in [5.41, 5.74) is 7.54. The van der Waals surface area contributed by atoms with E-state index in [1.165, 1.54) is 5.56 Å². The van der Waals surface area contributed by atoms with Gasteiger partial charge in [0.15, 0.2) is 11.7 Å². The molecule has 0 aliphatic carbocycles. The average molecular weight is 353 g/mol. The highest BCUT2D eigenvalue weighted by Gasteiger charge is 2.08. The first-order valence-corrected chi connectivity index (χ1v) is 8.32. The van der Waals surface area contributed by atoms with Gasteiger partial charge in [-0.3, -0.25) is 15.6 Å². The highest BCUT2D eigenvalue weighted by atomic mass is 32.1. The monoisotopic (exact) mass is 353 g/mol. The summed E-state index contributed by atoms with van der Waals surface area (Å²) < 4.78 is 10.5. The van der Waals surface area contributed by atoms with Crippen LogP contribution in [0, 0.1) is 6.92 Å². The van der Waals surface area contributed by atoms with Gasteiger partial charge in [-0.05, 0) is 55.2 Å². The molecule has 3 N–H and O–H groups in total. The molecule has 1 rings (SSSR count). The molecule has 0 aromatic heterocycles. The number of hydrogen-bond acceptors (Lipinski definition) is 4. The van der Waals surface area contributed by atoms with E-state index in [1.54, 1.807) is 7.11 Å². The van der Waals surface area contributed by atoms with E-state index in [-0.39, 0.29) is 18.6 Å². The number of ether oxygens (including phenoxy) is 2. The first-order valence-electron chi connectivity index (χ1n) is 7.91. The molecule has 7 heteroatoms. The summed E-state index contributed by atoms with van der Waals surface area (Å²) in [4.78, 5) is 11.8. The Balaban J connectivity index is 2.36. The zero-order chi connectivity index (χ0) is 18.1. The maximum absolute atomic E-state index is 11.8. The smallest absolute Gasteiger partial charge is 0.276 e. The van der Waals surface area contributed by atoms with Gasteiger partial charge < -0.3 is 14.8 Å². The number of hydrazine groups is 1. The van der Waals surface area contributed by atoms with Crippen LogP contribution in [0.4, 0.5) is 0 Å². The van der Waals surface area contributed by atoms with Gasteiger partial charge in [0.2, 0.25) is 0 Å². The van der Waals surface area contributed by atoms with Crippen molar-refractivity contribution in [2.24, 2.45) is 0 Å². The molecule has 24 heavy (non-hydrogen) atoms. The summed E-state index contributed by atoms with van der Waals surface area (Å²) >= 11 is 5.06. The number of carbonyl (C=O) groups is 1. The molecule has 1 atom stereocenters. The highest BCUT2D eigenvalue weighted by Crippen LogP contribution is 2.23. The lowest BCUT2D eigenvalue weighted by atomic mass is 9.98. The third-order valence-electron chi connectivity index (χ3n) is 3.34. The molecule has 1 aromatic rings. The van der Waals surface area contributed by atoms with Crippen LogP contribution >= 0.6 is 12.2 Å². The molecule has 0 saturated heterocycles. The number of aryl methyl sites for hydroxylation is 1. The number of benzene rings is 1. The largest absolute Gasteiger partial charge is 0.484 e. The van der Waals surface area contributed by atoms with Gasteiger partial charge in [0.25, 0.3) is 5.91 Å². The number of amides is 1. The van der Waals surface area contributed by atoms with E-state index in [4.69, 9.17) is 21.7 Å². The highest BCUT2D eigenvalue weighted by molar-refractivity contribution is 7.80. The van der Waals surface area contributed by atoms with E-state index in [1.807, 2.05) is 32.0 Å². The number of carbonyl (C=O) groups excluding carboxylic acids is 1. The maximum atomic E-state index is 11.8. The first kappa shape index (κ1) is 20.2. The number of thiocarbonyl (C=S) groups is 1. The van der Waals surface area contributed by atoms with Crippen molar-refractivity contribution in [1.29, 1.82) is 0 Å². The van der Waals surface area contributed by atoms with Gasteiger partial charge in [0.05, 0.1) is 6.61 Å². The fourth-order valence-electron chi connectivity index (χ4n) is 2.25. The lowest BCUT2D eigenvalue weighted by Crippen LogP contribution is -2.50. The molecule has 0 aliphatic heterocycles. The topological polar surface area (TPSA) is 71.6 Å². The molecule has 0 saturated carbocycles. The van der Waals surface area contributed by atoms with Crippen LogP contribution in [0.2, 0.25) is 0 Å². The van der Waals surface area contributed by atoms with Gasteiger partial charge in [-0.1, -0.05) is 19.9 Å². The predicted molar refractivity (Wildman–Crippen MR) is 99.1 cm³/mol. The van der Waals surface area contributed by atoms with E-state index in [9.17, 15) is 4.79 Å². The fraction of sp³-hybridized carbons (Fsp3) is 0.529. The Hall–Kier alpha value is -1.86. The maximum Gasteiger partial charge on any atom is 0.276 e. The molecule has 0 spiro atoms. The lowest BCUT2D eigenvalue weighted by molar-refractivity contribution is -0.123. The molecular formula is C17H27N3O3S. The van der Waals surface area contributed by atoms with Gasteiger partial charge in [0, 0.05) is 13.2 Å². The molecule has 0 bridgehead atoms. The van der Waals surface area contributed by atoms with Crippen molar-refractivity contribution >= 4 is 23.2 Å². The second-order valence-corrected chi connectivity index (χ2v) is 6.37. The minimum Gasteiger partial charge on any atom is -0.484 e. The second kappa shape index (κ2) is 10.1. The Kier molecular flexibility index (Phi) is 8.49. The molecule has 1 amide bonds. The van der Waals surface area contributed by atoms with E-state index < -0.39 is 0 Å². The SMILES string of the molecule is COC[C@H](C)NC(=S)NNC(=O)COc1ccc(C(C)C)c(C)c1.